The third-order valence-electron chi connectivity index (χ3n) is 4.18. The molecule has 0 saturated carbocycles. The largest absolute Gasteiger partial charge is 0.405 e. The fourth-order valence-corrected chi connectivity index (χ4v) is 2.49. The molecular formula is C21H22F3N5O3. The van der Waals surface area contributed by atoms with Gasteiger partial charge in [-0.1, -0.05) is 24.0 Å². The van der Waals surface area contributed by atoms with E-state index in [1.54, 1.807) is 43.3 Å². The Morgan fingerprint density at radius 3 is 2.66 bits per heavy atom. The minimum Gasteiger partial charge on any atom is -0.373 e. The number of aromatic nitrogens is 2. The lowest BCUT2D eigenvalue weighted by Gasteiger charge is -2.17. The standard InChI is InChI=1S/C21H22F3N5O3/c1-29(2)9-8-20(32,13-30)7-6-14-4-3-5-15(10-14)19-26-11-16(17(28-19)18(25)31)27-12-21(22,23)24/h3-5,10-11,13,27,32H,8-9,12H2,1-2H3,(H2,25,31)/t20-/m0/s1. The summed E-state index contributed by atoms with van der Waals surface area (Å²) in [6.07, 6.45) is -2.97. The fourth-order valence-electron chi connectivity index (χ4n) is 2.49. The first-order valence-electron chi connectivity index (χ1n) is 9.37. The molecule has 32 heavy (non-hydrogen) atoms. The fraction of sp³-hybridized carbons (Fsp3) is 0.333. The van der Waals surface area contributed by atoms with Crippen molar-refractivity contribution in [1.29, 1.82) is 0 Å². The van der Waals surface area contributed by atoms with Gasteiger partial charge in [-0.2, -0.15) is 13.2 Å². The number of halogens is 3. The number of primary amides is 1. The molecule has 2 rings (SSSR count). The Labute approximate surface area is 182 Å². The van der Waals surface area contributed by atoms with Crippen LogP contribution in [0.4, 0.5) is 18.9 Å². The Hall–Kier alpha value is -3.49. The summed E-state index contributed by atoms with van der Waals surface area (Å²) in [5.41, 5.74) is 3.63. The van der Waals surface area contributed by atoms with Crippen molar-refractivity contribution in [2.45, 2.75) is 18.2 Å². The second-order valence-corrected chi connectivity index (χ2v) is 7.22. The van der Waals surface area contributed by atoms with E-state index in [4.69, 9.17) is 5.73 Å². The Balaban J connectivity index is 2.33. The molecule has 1 aromatic heterocycles. The molecule has 1 atom stereocenters. The maximum atomic E-state index is 12.5. The molecule has 0 saturated heterocycles. The molecule has 0 radical (unpaired) electrons. The summed E-state index contributed by atoms with van der Waals surface area (Å²) in [7, 11) is 3.60. The minimum atomic E-state index is -4.50. The van der Waals surface area contributed by atoms with Crippen molar-refractivity contribution in [2.75, 3.05) is 32.5 Å². The zero-order chi connectivity index (χ0) is 23.9. The molecule has 0 fully saturated rings. The van der Waals surface area contributed by atoms with Crippen molar-refractivity contribution in [2.24, 2.45) is 5.73 Å². The van der Waals surface area contributed by atoms with Crippen LogP contribution < -0.4 is 11.1 Å². The number of aldehydes is 1. The van der Waals surface area contributed by atoms with E-state index < -0.39 is 29.9 Å². The quantitative estimate of drug-likeness (QED) is 0.412. The number of carbonyl (C=O) groups excluding carboxylic acids is 2. The van der Waals surface area contributed by atoms with Crippen LogP contribution in [-0.2, 0) is 4.79 Å². The molecule has 1 amide bonds. The Morgan fingerprint density at radius 1 is 1.34 bits per heavy atom. The number of aliphatic hydroxyl groups is 1. The normalized spacial score (nSPS) is 13.1. The molecule has 11 heteroatoms. The molecule has 8 nitrogen and oxygen atoms in total. The second-order valence-electron chi connectivity index (χ2n) is 7.22. The minimum absolute atomic E-state index is 0.0401. The van der Waals surface area contributed by atoms with Crippen LogP contribution >= 0.6 is 0 Å². The molecule has 0 aliphatic rings. The summed E-state index contributed by atoms with van der Waals surface area (Å²) < 4.78 is 37.4. The van der Waals surface area contributed by atoms with Crippen LogP contribution in [0.2, 0.25) is 0 Å². The van der Waals surface area contributed by atoms with Crippen molar-refractivity contribution < 1.29 is 27.9 Å². The summed E-state index contributed by atoms with van der Waals surface area (Å²) >= 11 is 0. The summed E-state index contributed by atoms with van der Waals surface area (Å²) in [5, 5.41) is 12.4. The maximum absolute atomic E-state index is 12.5. The van der Waals surface area contributed by atoms with Crippen LogP contribution in [-0.4, -0.2) is 71.1 Å². The third-order valence-corrected chi connectivity index (χ3v) is 4.18. The van der Waals surface area contributed by atoms with Gasteiger partial charge in [0.15, 0.2) is 23.4 Å². The third kappa shape index (κ3) is 7.33. The van der Waals surface area contributed by atoms with Crippen molar-refractivity contribution in [3.8, 4) is 23.2 Å². The molecule has 0 aliphatic heterocycles. The highest BCUT2D eigenvalue weighted by molar-refractivity contribution is 5.96. The van der Waals surface area contributed by atoms with Crippen LogP contribution in [0.25, 0.3) is 11.4 Å². The van der Waals surface area contributed by atoms with Crippen LogP contribution in [0.1, 0.15) is 22.5 Å². The maximum Gasteiger partial charge on any atom is 0.405 e. The summed E-state index contributed by atoms with van der Waals surface area (Å²) in [6.45, 7) is -0.934. The smallest absolute Gasteiger partial charge is 0.373 e. The van der Waals surface area contributed by atoms with Crippen LogP contribution in [0.3, 0.4) is 0 Å². The van der Waals surface area contributed by atoms with Gasteiger partial charge in [-0.3, -0.25) is 9.59 Å². The van der Waals surface area contributed by atoms with Crippen molar-refractivity contribution >= 4 is 17.9 Å². The van der Waals surface area contributed by atoms with Gasteiger partial charge in [-0.15, -0.1) is 0 Å². The lowest BCUT2D eigenvalue weighted by Crippen LogP contribution is -2.33. The van der Waals surface area contributed by atoms with Crippen LogP contribution in [0.5, 0.6) is 0 Å². The average Bonchev–Trinajstić information content (AvgIpc) is 2.74. The summed E-state index contributed by atoms with van der Waals surface area (Å²) in [5.74, 6) is 4.28. The number of hydrogen-bond acceptors (Lipinski definition) is 7. The number of nitrogens with two attached hydrogens (primary N) is 1. The lowest BCUT2D eigenvalue weighted by atomic mass is 10.0. The monoisotopic (exact) mass is 449 g/mol. The predicted octanol–water partition coefficient (Wildman–Crippen LogP) is 1.45. The van der Waals surface area contributed by atoms with E-state index in [1.807, 2.05) is 0 Å². The van der Waals surface area contributed by atoms with Crippen LogP contribution in [0, 0.1) is 11.8 Å². The van der Waals surface area contributed by atoms with Gasteiger partial charge in [0, 0.05) is 24.1 Å². The van der Waals surface area contributed by atoms with E-state index in [1.165, 1.54) is 0 Å². The highest BCUT2D eigenvalue weighted by Crippen LogP contribution is 2.22. The predicted molar refractivity (Wildman–Crippen MR) is 112 cm³/mol. The molecule has 0 aliphatic carbocycles. The Kier molecular flexibility index (Phi) is 7.91. The van der Waals surface area contributed by atoms with Crippen molar-refractivity contribution in [1.82, 2.24) is 14.9 Å². The molecule has 1 aromatic carbocycles. The van der Waals surface area contributed by atoms with Gasteiger partial charge in [0.05, 0.1) is 11.9 Å². The number of rotatable bonds is 8. The number of alkyl halides is 3. The first kappa shape index (κ1) is 24.8. The Bertz CT molecular complexity index is 1050. The van der Waals surface area contributed by atoms with Gasteiger partial charge in [0.25, 0.3) is 5.91 Å². The summed E-state index contributed by atoms with van der Waals surface area (Å²) in [6, 6.07) is 6.39. The van der Waals surface area contributed by atoms with E-state index >= 15 is 0 Å². The number of anilines is 1. The molecule has 0 bridgehead atoms. The number of nitrogens with zero attached hydrogens (tertiary/aromatic N) is 3. The first-order chi connectivity index (χ1) is 14.9. The lowest BCUT2D eigenvalue weighted by molar-refractivity contribution is -0.119. The van der Waals surface area contributed by atoms with E-state index in [0.29, 0.717) is 24.0 Å². The van der Waals surface area contributed by atoms with E-state index in [-0.39, 0.29) is 17.9 Å². The number of amides is 1. The average molecular weight is 449 g/mol. The number of benzene rings is 1. The zero-order valence-corrected chi connectivity index (χ0v) is 17.4. The van der Waals surface area contributed by atoms with Gasteiger partial charge in [-0.25, -0.2) is 9.97 Å². The molecule has 0 spiro atoms. The SMILES string of the molecule is CN(C)CC[C@@](O)(C#Cc1cccc(-c2ncc(NCC(F)(F)F)c(C(N)=O)n2)c1)C=O. The number of carbonyl (C=O) groups is 2. The molecule has 170 valence electrons. The second kappa shape index (κ2) is 10.2. The topological polar surface area (TPSA) is 121 Å². The summed E-state index contributed by atoms with van der Waals surface area (Å²) in [4.78, 5) is 32.7. The highest BCUT2D eigenvalue weighted by Gasteiger charge is 2.28. The number of nitrogens with one attached hydrogen (secondary N) is 1. The van der Waals surface area contributed by atoms with E-state index in [0.717, 1.165) is 6.20 Å². The highest BCUT2D eigenvalue weighted by atomic mass is 19.4. The van der Waals surface area contributed by atoms with Crippen molar-refractivity contribution in [3.63, 3.8) is 0 Å². The zero-order valence-electron chi connectivity index (χ0n) is 17.4. The molecule has 1 heterocycles. The first-order valence-corrected chi connectivity index (χ1v) is 9.37. The van der Waals surface area contributed by atoms with Gasteiger partial charge in [-0.05, 0) is 26.2 Å². The molecular weight excluding hydrogens is 427 g/mol. The van der Waals surface area contributed by atoms with Crippen molar-refractivity contribution in [3.05, 3.63) is 41.7 Å². The molecule has 0 unspecified atom stereocenters. The Morgan fingerprint density at radius 2 is 2.06 bits per heavy atom. The van der Waals surface area contributed by atoms with Gasteiger partial charge in [0.1, 0.15) is 6.54 Å². The van der Waals surface area contributed by atoms with E-state index in [2.05, 4.69) is 27.1 Å². The van der Waals surface area contributed by atoms with Gasteiger partial charge >= 0.3 is 6.18 Å². The van der Waals surface area contributed by atoms with Gasteiger partial charge in [0.2, 0.25) is 0 Å². The van der Waals surface area contributed by atoms with Crippen LogP contribution in [0.15, 0.2) is 30.5 Å². The molecule has 4 N–H and O–H groups in total. The van der Waals surface area contributed by atoms with Gasteiger partial charge < -0.3 is 21.1 Å². The van der Waals surface area contributed by atoms with E-state index in [9.17, 15) is 27.9 Å². The molecule has 2 aromatic rings. The number of hydrogen-bond donors (Lipinski definition) is 3.